The van der Waals surface area contributed by atoms with Crippen LogP contribution in [0.15, 0.2) is 94.9 Å². The van der Waals surface area contributed by atoms with Crippen LogP contribution in [0.3, 0.4) is 0 Å². The number of fused-ring (bicyclic) bond motifs is 1. The molecule has 1 aliphatic heterocycles. The number of aliphatic imine (C=N–C) groups is 1. The van der Waals surface area contributed by atoms with Gasteiger partial charge in [-0.25, -0.2) is 15.0 Å². The Hall–Kier alpha value is -3.24. The lowest BCUT2D eigenvalue weighted by molar-refractivity contribution is 0.305. The molecular formula is C20H15N3O. The molecule has 0 spiro atoms. The van der Waals surface area contributed by atoms with Crippen LogP contribution in [0.2, 0.25) is 0 Å². The van der Waals surface area contributed by atoms with E-state index in [0.29, 0.717) is 17.2 Å². The minimum Gasteiger partial charge on any atom is -0.283 e. The van der Waals surface area contributed by atoms with Crippen molar-refractivity contribution < 1.29 is 5.21 Å². The number of rotatable bonds is 3. The molecule has 0 fully saturated rings. The van der Waals surface area contributed by atoms with Crippen molar-refractivity contribution in [1.29, 1.82) is 0 Å². The molecule has 4 nitrogen and oxygen atoms in total. The first-order chi connectivity index (χ1) is 11.8. The van der Waals surface area contributed by atoms with Gasteiger partial charge in [0, 0.05) is 5.22 Å². The Morgan fingerprint density at radius 3 is 2.12 bits per heavy atom. The minimum absolute atomic E-state index is 0.494. The molecule has 0 saturated heterocycles. The molecule has 1 aliphatic rings. The van der Waals surface area contributed by atoms with Crippen LogP contribution in [0.25, 0.3) is 5.70 Å². The van der Waals surface area contributed by atoms with Crippen molar-refractivity contribution >= 4 is 22.9 Å². The van der Waals surface area contributed by atoms with Gasteiger partial charge in [-0.2, -0.15) is 0 Å². The third kappa shape index (κ3) is 2.59. The Morgan fingerprint density at radius 2 is 1.38 bits per heavy atom. The topological polar surface area (TPSA) is 48.2 Å². The first-order valence-corrected chi connectivity index (χ1v) is 7.69. The van der Waals surface area contributed by atoms with Gasteiger partial charge in [0.15, 0.2) is 5.84 Å². The standard InChI is InChI=1S/C20H15N3O/c24-23(16-11-5-2-6-12-16)19-17-13-7-8-14-18(17)22-20(19)21-15-9-3-1-4-10-15/h1-14,24H. The van der Waals surface area contributed by atoms with Gasteiger partial charge in [0.1, 0.15) is 5.70 Å². The summed E-state index contributed by atoms with van der Waals surface area (Å²) in [5, 5.41) is 13.6. The van der Waals surface area contributed by atoms with Gasteiger partial charge in [-0.3, -0.25) is 5.21 Å². The fraction of sp³-hybridized carbons (Fsp3) is 0. The Morgan fingerprint density at radius 1 is 0.750 bits per heavy atom. The van der Waals surface area contributed by atoms with Crippen LogP contribution >= 0.6 is 0 Å². The maximum absolute atomic E-state index is 10.8. The van der Waals surface area contributed by atoms with Crippen molar-refractivity contribution in [2.75, 3.05) is 5.06 Å². The summed E-state index contributed by atoms with van der Waals surface area (Å²) in [4.78, 5) is 9.20. The van der Waals surface area contributed by atoms with Crippen LogP contribution < -0.4 is 15.6 Å². The van der Waals surface area contributed by atoms with Crippen molar-refractivity contribution in [2.24, 2.45) is 9.98 Å². The molecule has 0 bridgehead atoms. The van der Waals surface area contributed by atoms with Crippen LogP contribution in [-0.4, -0.2) is 11.0 Å². The first kappa shape index (κ1) is 14.4. The molecular weight excluding hydrogens is 298 g/mol. The predicted octanol–water partition coefficient (Wildman–Crippen LogP) is 3.05. The molecule has 0 unspecified atom stereocenters. The highest BCUT2D eigenvalue weighted by Crippen LogP contribution is 2.21. The zero-order valence-corrected chi connectivity index (χ0v) is 12.9. The average Bonchev–Trinajstić information content (AvgIpc) is 3.00. The maximum atomic E-state index is 10.8. The van der Waals surface area contributed by atoms with Gasteiger partial charge >= 0.3 is 0 Å². The Kier molecular flexibility index (Phi) is 3.65. The molecule has 4 rings (SSSR count). The summed E-state index contributed by atoms with van der Waals surface area (Å²) in [5.41, 5.74) is 2.05. The Labute approximate surface area is 139 Å². The average molecular weight is 313 g/mol. The summed E-state index contributed by atoms with van der Waals surface area (Å²) in [6.07, 6.45) is 0. The van der Waals surface area contributed by atoms with Crippen molar-refractivity contribution in [2.45, 2.75) is 0 Å². The third-order valence-corrected chi connectivity index (χ3v) is 3.80. The fourth-order valence-corrected chi connectivity index (χ4v) is 2.67. The van der Waals surface area contributed by atoms with Gasteiger partial charge in [0.2, 0.25) is 0 Å². The quantitative estimate of drug-likeness (QED) is 0.756. The maximum Gasteiger partial charge on any atom is 0.180 e. The molecule has 1 N–H and O–H groups in total. The molecule has 0 aromatic heterocycles. The molecule has 0 amide bonds. The van der Waals surface area contributed by atoms with Gasteiger partial charge in [-0.15, -0.1) is 0 Å². The van der Waals surface area contributed by atoms with E-state index in [-0.39, 0.29) is 0 Å². The number of anilines is 1. The number of amidine groups is 1. The van der Waals surface area contributed by atoms with E-state index >= 15 is 0 Å². The van der Waals surface area contributed by atoms with Gasteiger partial charge in [0.05, 0.1) is 16.7 Å². The van der Waals surface area contributed by atoms with Crippen LogP contribution in [-0.2, 0) is 0 Å². The van der Waals surface area contributed by atoms with E-state index in [0.717, 1.165) is 21.3 Å². The van der Waals surface area contributed by atoms with Crippen LogP contribution in [0.1, 0.15) is 0 Å². The summed E-state index contributed by atoms with van der Waals surface area (Å²) < 4.78 is 0. The smallest absolute Gasteiger partial charge is 0.180 e. The second-order valence-electron chi connectivity index (χ2n) is 5.40. The highest BCUT2D eigenvalue weighted by atomic mass is 16.5. The molecule has 0 atom stereocenters. The van der Waals surface area contributed by atoms with E-state index < -0.39 is 0 Å². The van der Waals surface area contributed by atoms with Crippen molar-refractivity contribution in [3.05, 3.63) is 95.5 Å². The van der Waals surface area contributed by atoms with Gasteiger partial charge in [-0.1, -0.05) is 54.6 Å². The zero-order valence-electron chi connectivity index (χ0n) is 12.9. The monoisotopic (exact) mass is 313 g/mol. The molecule has 0 saturated carbocycles. The summed E-state index contributed by atoms with van der Waals surface area (Å²) in [6.45, 7) is 0. The Bertz CT molecular complexity index is 1010. The van der Waals surface area contributed by atoms with Crippen LogP contribution in [0.5, 0.6) is 0 Å². The Balaban J connectivity index is 1.90. The highest BCUT2D eigenvalue weighted by Gasteiger charge is 2.21. The first-order valence-electron chi connectivity index (χ1n) is 7.69. The lowest BCUT2D eigenvalue weighted by Gasteiger charge is -2.18. The van der Waals surface area contributed by atoms with Gasteiger partial charge in [-0.05, 0) is 30.3 Å². The second kappa shape index (κ2) is 6.10. The van der Waals surface area contributed by atoms with E-state index in [9.17, 15) is 5.21 Å². The van der Waals surface area contributed by atoms with E-state index in [1.165, 1.54) is 0 Å². The number of hydrogen-bond acceptors (Lipinski definition) is 3. The molecule has 4 heteroatoms. The van der Waals surface area contributed by atoms with Crippen LogP contribution in [0.4, 0.5) is 11.4 Å². The van der Waals surface area contributed by atoms with Gasteiger partial charge in [0.25, 0.3) is 0 Å². The molecule has 1 heterocycles. The summed E-state index contributed by atoms with van der Waals surface area (Å²) in [5.74, 6) is 0.494. The number of hydroxylamine groups is 1. The van der Waals surface area contributed by atoms with E-state index in [4.69, 9.17) is 0 Å². The normalized spacial score (nSPS) is 14.4. The van der Waals surface area contributed by atoms with Gasteiger partial charge < -0.3 is 0 Å². The molecule has 116 valence electrons. The van der Waals surface area contributed by atoms with E-state index in [1.54, 1.807) is 0 Å². The lowest BCUT2D eigenvalue weighted by atomic mass is 10.2. The number of nitrogens with zero attached hydrogens (tertiary/aromatic N) is 3. The lowest BCUT2D eigenvalue weighted by Crippen LogP contribution is -2.30. The largest absolute Gasteiger partial charge is 0.283 e. The summed E-state index contributed by atoms with van der Waals surface area (Å²) in [6, 6.07) is 26.7. The van der Waals surface area contributed by atoms with Crippen molar-refractivity contribution in [3.63, 3.8) is 0 Å². The van der Waals surface area contributed by atoms with Crippen LogP contribution in [0, 0.1) is 0 Å². The highest BCUT2D eigenvalue weighted by molar-refractivity contribution is 6.22. The molecule has 3 aromatic rings. The second-order valence-corrected chi connectivity index (χ2v) is 5.40. The molecule has 24 heavy (non-hydrogen) atoms. The number of benzene rings is 3. The third-order valence-electron chi connectivity index (χ3n) is 3.80. The predicted molar refractivity (Wildman–Crippen MR) is 94.9 cm³/mol. The molecule has 3 aromatic carbocycles. The minimum atomic E-state index is 0.494. The summed E-state index contributed by atoms with van der Waals surface area (Å²) >= 11 is 0. The number of hydrogen-bond donors (Lipinski definition) is 1. The van der Waals surface area contributed by atoms with E-state index in [2.05, 4.69) is 9.98 Å². The summed E-state index contributed by atoms with van der Waals surface area (Å²) in [7, 11) is 0. The van der Waals surface area contributed by atoms with Crippen molar-refractivity contribution in [1.82, 2.24) is 0 Å². The fourth-order valence-electron chi connectivity index (χ4n) is 2.67. The SMILES string of the molecule is ON(C1=c2ccccc2=NC1=Nc1ccccc1)c1ccccc1. The molecule has 0 radical (unpaired) electrons. The number of para-hydroxylation sites is 3. The van der Waals surface area contributed by atoms with E-state index in [1.807, 2.05) is 84.9 Å². The zero-order chi connectivity index (χ0) is 16.4. The van der Waals surface area contributed by atoms with Crippen molar-refractivity contribution in [3.8, 4) is 0 Å². The molecule has 0 aliphatic carbocycles.